The van der Waals surface area contributed by atoms with E-state index in [1.54, 1.807) is 0 Å². The maximum absolute atomic E-state index is 12.9. The van der Waals surface area contributed by atoms with Crippen LogP contribution < -0.4 is 10.6 Å². The van der Waals surface area contributed by atoms with Crippen molar-refractivity contribution in [3.8, 4) is 0 Å². The van der Waals surface area contributed by atoms with Gasteiger partial charge in [-0.15, -0.1) is 0 Å². The van der Waals surface area contributed by atoms with E-state index in [4.69, 9.17) is 5.11 Å². The molecule has 1 aliphatic heterocycles. The Labute approximate surface area is 188 Å². The minimum atomic E-state index is -3.68. The van der Waals surface area contributed by atoms with Gasteiger partial charge in [-0.2, -0.15) is 4.31 Å². The molecule has 9 heteroatoms. The molecule has 0 spiro atoms. The van der Waals surface area contributed by atoms with Crippen molar-refractivity contribution in [2.75, 3.05) is 13.1 Å². The predicted molar refractivity (Wildman–Crippen MR) is 118 cm³/mol. The van der Waals surface area contributed by atoms with Gasteiger partial charge < -0.3 is 15.7 Å². The number of amides is 2. The molecule has 174 valence electrons. The summed E-state index contributed by atoms with van der Waals surface area (Å²) < 4.78 is 27.2. The van der Waals surface area contributed by atoms with Crippen LogP contribution in [0.5, 0.6) is 0 Å². The predicted octanol–water partition coefficient (Wildman–Crippen LogP) is 2.81. The monoisotopic (exact) mass is 461 g/mol. The van der Waals surface area contributed by atoms with E-state index in [-0.39, 0.29) is 28.1 Å². The van der Waals surface area contributed by atoms with E-state index in [0.29, 0.717) is 25.9 Å². The summed E-state index contributed by atoms with van der Waals surface area (Å²) in [4.78, 5) is 23.9. The first kappa shape index (κ1) is 21.7. The molecule has 0 radical (unpaired) electrons. The number of piperidine rings is 1. The summed E-state index contributed by atoms with van der Waals surface area (Å²) in [7, 11) is -3.68. The maximum atomic E-state index is 12.9. The minimum absolute atomic E-state index is 0.0367. The van der Waals surface area contributed by atoms with Crippen molar-refractivity contribution < 1.29 is 23.1 Å². The van der Waals surface area contributed by atoms with E-state index in [1.807, 2.05) is 0 Å². The van der Waals surface area contributed by atoms with E-state index in [2.05, 4.69) is 10.6 Å². The average molecular weight is 462 g/mol. The van der Waals surface area contributed by atoms with Gasteiger partial charge in [0, 0.05) is 24.7 Å². The van der Waals surface area contributed by atoms with Crippen LogP contribution in [0, 0.1) is 17.8 Å². The van der Waals surface area contributed by atoms with Crippen molar-refractivity contribution in [3.63, 3.8) is 0 Å². The van der Waals surface area contributed by atoms with Crippen LogP contribution in [0.4, 0.5) is 4.79 Å². The van der Waals surface area contributed by atoms with E-state index in [0.717, 1.165) is 37.0 Å². The van der Waals surface area contributed by atoms with Crippen molar-refractivity contribution >= 4 is 22.0 Å². The van der Waals surface area contributed by atoms with Crippen LogP contribution in [-0.4, -0.2) is 54.5 Å². The molecule has 32 heavy (non-hydrogen) atoms. The molecule has 4 saturated carbocycles. The summed E-state index contributed by atoms with van der Waals surface area (Å²) in [5.41, 5.74) is 0.0160. The third-order valence-corrected chi connectivity index (χ3v) is 9.86. The van der Waals surface area contributed by atoms with Crippen molar-refractivity contribution in [2.24, 2.45) is 17.8 Å². The zero-order chi connectivity index (χ0) is 22.5. The Bertz CT molecular complexity index is 964. The molecule has 1 saturated heterocycles. The fraction of sp³-hybridized carbons (Fsp3) is 0.652. The van der Waals surface area contributed by atoms with E-state index < -0.39 is 16.0 Å². The summed E-state index contributed by atoms with van der Waals surface area (Å²) in [6.07, 6.45) is 8.40. The summed E-state index contributed by atoms with van der Waals surface area (Å²) in [5.74, 6) is 1.20. The number of carbonyl (C=O) groups is 2. The van der Waals surface area contributed by atoms with Gasteiger partial charge >= 0.3 is 12.0 Å². The summed E-state index contributed by atoms with van der Waals surface area (Å²) in [5, 5.41) is 15.4. The van der Waals surface area contributed by atoms with Gasteiger partial charge in [0.05, 0.1) is 10.5 Å². The van der Waals surface area contributed by atoms with E-state index >= 15 is 0 Å². The van der Waals surface area contributed by atoms with Gasteiger partial charge in [0.2, 0.25) is 10.0 Å². The molecule has 0 unspecified atom stereocenters. The fourth-order valence-electron chi connectivity index (χ4n) is 6.89. The second-order valence-corrected chi connectivity index (χ2v) is 12.2. The number of carbonyl (C=O) groups excluding carboxylic acids is 1. The number of urea groups is 1. The molecule has 3 N–H and O–H groups in total. The SMILES string of the molecule is O=C(NC1CCN(S(=O)(=O)c2ccc(C(=O)O)cc2)CC1)NC12CC3CC(CC(C3)C1)C2. The zero-order valence-electron chi connectivity index (χ0n) is 18.1. The number of hydrogen-bond donors (Lipinski definition) is 3. The normalized spacial score (nSPS) is 32.6. The highest BCUT2D eigenvalue weighted by molar-refractivity contribution is 7.89. The first-order chi connectivity index (χ1) is 15.2. The molecule has 5 aliphatic rings. The third-order valence-electron chi connectivity index (χ3n) is 7.95. The Morgan fingerprint density at radius 2 is 1.47 bits per heavy atom. The Balaban J connectivity index is 1.15. The second kappa shape index (κ2) is 8.02. The highest BCUT2D eigenvalue weighted by Crippen LogP contribution is 2.55. The summed E-state index contributed by atoms with van der Waals surface area (Å²) >= 11 is 0. The van der Waals surface area contributed by atoms with Crippen LogP contribution in [-0.2, 0) is 10.0 Å². The number of aromatic carboxylic acids is 1. The van der Waals surface area contributed by atoms with Crippen LogP contribution in [0.25, 0.3) is 0 Å². The first-order valence-corrected chi connectivity index (χ1v) is 13.1. The molecule has 6 rings (SSSR count). The lowest BCUT2D eigenvalue weighted by molar-refractivity contribution is -0.0137. The number of rotatable bonds is 5. The van der Waals surface area contributed by atoms with E-state index in [9.17, 15) is 18.0 Å². The third kappa shape index (κ3) is 4.12. The number of hydrogen-bond acceptors (Lipinski definition) is 4. The molecule has 1 aromatic carbocycles. The number of carboxylic acids is 1. The van der Waals surface area contributed by atoms with Crippen molar-refractivity contribution in [1.29, 1.82) is 0 Å². The van der Waals surface area contributed by atoms with Crippen molar-refractivity contribution in [3.05, 3.63) is 29.8 Å². The van der Waals surface area contributed by atoms with Gasteiger partial charge in [-0.05, 0) is 93.4 Å². The molecule has 2 amide bonds. The second-order valence-electron chi connectivity index (χ2n) is 10.3. The molecule has 8 nitrogen and oxygen atoms in total. The van der Waals surface area contributed by atoms with Crippen molar-refractivity contribution in [1.82, 2.24) is 14.9 Å². The number of nitrogens with zero attached hydrogens (tertiary/aromatic N) is 1. The molecule has 5 fully saturated rings. The molecule has 4 bridgehead atoms. The molecule has 0 aromatic heterocycles. The molecule has 1 aromatic rings. The highest BCUT2D eigenvalue weighted by Gasteiger charge is 2.51. The van der Waals surface area contributed by atoms with Crippen molar-refractivity contribution in [2.45, 2.75) is 67.8 Å². The first-order valence-electron chi connectivity index (χ1n) is 11.6. The van der Waals surface area contributed by atoms with Gasteiger partial charge in [-0.25, -0.2) is 18.0 Å². The quantitative estimate of drug-likeness (QED) is 0.624. The maximum Gasteiger partial charge on any atom is 0.335 e. The lowest BCUT2D eigenvalue weighted by Gasteiger charge is -2.56. The van der Waals surface area contributed by atoms with E-state index in [1.165, 1.54) is 47.8 Å². The lowest BCUT2D eigenvalue weighted by atomic mass is 9.53. The Morgan fingerprint density at radius 1 is 0.938 bits per heavy atom. The molecular weight excluding hydrogens is 430 g/mol. The average Bonchev–Trinajstić information content (AvgIpc) is 2.72. The Morgan fingerprint density at radius 3 is 1.97 bits per heavy atom. The fourth-order valence-corrected chi connectivity index (χ4v) is 8.35. The largest absolute Gasteiger partial charge is 0.478 e. The molecule has 0 atom stereocenters. The number of carboxylic acid groups (broad SMARTS) is 1. The van der Waals surface area contributed by atoms with Crippen LogP contribution in [0.15, 0.2) is 29.2 Å². The van der Waals surface area contributed by atoms with Crippen LogP contribution in [0.1, 0.15) is 61.7 Å². The Kier molecular flexibility index (Phi) is 5.44. The molecule has 4 aliphatic carbocycles. The van der Waals surface area contributed by atoms with Crippen LogP contribution >= 0.6 is 0 Å². The topological polar surface area (TPSA) is 116 Å². The number of sulfonamides is 1. The smallest absolute Gasteiger partial charge is 0.335 e. The van der Waals surface area contributed by atoms with Gasteiger partial charge in [0.1, 0.15) is 0 Å². The lowest BCUT2D eigenvalue weighted by Crippen LogP contribution is -2.62. The highest BCUT2D eigenvalue weighted by atomic mass is 32.2. The minimum Gasteiger partial charge on any atom is -0.478 e. The van der Waals surface area contributed by atoms with Crippen LogP contribution in [0.2, 0.25) is 0 Å². The standard InChI is InChI=1S/C23H31N3O5S/c27-21(28)18-1-3-20(4-2-18)32(30,31)26-7-5-19(6-8-26)24-22(29)25-23-12-15-9-16(13-23)11-17(10-15)14-23/h1-4,15-17,19H,5-14H2,(H,27,28)(H2,24,25,29). The summed E-state index contributed by atoms with van der Waals surface area (Å²) in [6, 6.07) is 5.11. The van der Waals surface area contributed by atoms with Crippen LogP contribution in [0.3, 0.4) is 0 Å². The van der Waals surface area contributed by atoms with Gasteiger partial charge in [0.15, 0.2) is 0 Å². The van der Waals surface area contributed by atoms with Gasteiger partial charge in [0.25, 0.3) is 0 Å². The molecule has 1 heterocycles. The molecular formula is C23H31N3O5S. The van der Waals surface area contributed by atoms with Gasteiger partial charge in [-0.3, -0.25) is 0 Å². The summed E-state index contributed by atoms with van der Waals surface area (Å²) in [6.45, 7) is 0.649. The van der Waals surface area contributed by atoms with Gasteiger partial charge in [-0.1, -0.05) is 0 Å². The Hall–Kier alpha value is -2.13. The number of benzene rings is 1. The zero-order valence-corrected chi connectivity index (χ0v) is 18.9. The number of nitrogens with one attached hydrogen (secondary N) is 2.